The molecule has 0 saturated carbocycles. The van der Waals surface area contributed by atoms with E-state index in [1.54, 1.807) is 0 Å². The van der Waals surface area contributed by atoms with Gasteiger partial charge in [-0.05, 0) is 0 Å². The molecular weight excluding hydrogens is 544 g/mol. The molecule has 6 nitrogen and oxygen atoms in total. The van der Waals surface area contributed by atoms with Gasteiger partial charge in [0.15, 0.2) is 0 Å². The first-order chi connectivity index (χ1) is 3.46. The van der Waals surface area contributed by atoms with Crippen LogP contribution in [0.25, 0.3) is 0 Å². The molecule has 10 heteroatoms. The van der Waals surface area contributed by atoms with Gasteiger partial charge in [0.05, 0.1) is 0 Å². The van der Waals surface area contributed by atoms with Crippen LogP contribution in [0.2, 0.25) is 0 Å². The second-order valence-electron chi connectivity index (χ2n) is 0.476. The maximum absolute atomic E-state index is 8.71. The average molecular weight is 548 g/mol. The third-order valence-corrected chi connectivity index (χ3v) is 0. The summed E-state index contributed by atoms with van der Waals surface area (Å²) in [6.07, 6.45) is 0. The van der Waals surface area contributed by atoms with E-state index in [1.807, 2.05) is 0 Å². The summed E-state index contributed by atoms with van der Waals surface area (Å²) in [6, 6.07) is 0. The SMILES string of the molecule is [Mn].[O]=[Nb](=[O])[OH].[O]=[Nb](=[O])[OH].[PbH2]. The fourth-order valence-corrected chi connectivity index (χ4v) is 0. The van der Waals surface area contributed by atoms with E-state index in [-0.39, 0.29) is 44.4 Å². The Bertz CT molecular complexity index is 133. The summed E-state index contributed by atoms with van der Waals surface area (Å²) in [4.78, 5) is 0. The van der Waals surface area contributed by atoms with Crippen molar-refractivity contribution in [1.82, 2.24) is 0 Å². The van der Waals surface area contributed by atoms with E-state index in [4.69, 9.17) is 20.2 Å². The van der Waals surface area contributed by atoms with Crippen LogP contribution >= 0.6 is 0 Å². The summed E-state index contributed by atoms with van der Waals surface area (Å²) < 4.78 is 49.1. The van der Waals surface area contributed by atoms with Gasteiger partial charge < -0.3 is 0 Å². The normalized spacial score (nSPS) is 5.00. The Kier molecular flexibility index (Phi) is 39.1. The predicted octanol–water partition coefficient (Wildman–Crippen LogP) is -2.51. The van der Waals surface area contributed by atoms with Crippen molar-refractivity contribution in [2.75, 3.05) is 0 Å². The van der Waals surface area contributed by atoms with Gasteiger partial charge in [-0.2, -0.15) is 0 Å². The van der Waals surface area contributed by atoms with Crippen LogP contribution in [0.5, 0.6) is 0 Å². The van der Waals surface area contributed by atoms with E-state index in [9.17, 15) is 0 Å². The number of rotatable bonds is 0. The van der Waals surface area contributed by atoms with Gasteiger partial charge in [-0.3, -0.25) is 0 Å². The predicted molar refractivity (Wildman–Crippen MR) is 15.7 cm³/mol. The molecule has 0 aromatic rings. The van der Waals surface area contributed by atoms with Crippen LogP contribution in [0, 0.1) is 0 Å². The van der Waals surface area contributed by atoms with E-state index in [0.717, 1.165) is 0 Å². The fraction of sp³-hybridized carbons (Fsp3) is 0. The standard InChI is InChI=1S/Mn.2Nb.2H2O.4O.Pb.2H/h;;;2*1H2;;;;;;;/q;2*+1;;;;;;;;;/p-2. The van der Waals surface area contributed by atoms with Gasteiger partial charge in [-0.1, -0.05) is 0 Å². The molecule has 0 aromatic heterocycles. The maximum atomic E-state index is 8.71. The molecule has 0 heterocycles. The summed E-state index contributed by atoms with van der Waals surface area (Å²) in [5.41, 5.74) is 0. The van der Waals surface area contributed by atoms with Crippen LogP contribution in [-0.2, 0) is 67.6 Å². The van der Waals surface area contributed by atoms with Gasteiger partial charge in [0, 0.05) is 17.1 Å². The number of hydrogen-bond acceptors (Lipinski definition) is 4. The molecule has 0 aliphatic carbocycles. The van der Waals surface area contributed by atoms with Crippen LogP contribution in [0.3, 0.4) is 0 Å². The molecule has 2 N–H and O–H groups in total. The van der Waals surface area contributed by atoms with Crippen molar-refractivity contribution in [3.05, 3.63) is 0 Å². The number of hydrogen-bond donors (Lipinski definition) is 2. The Hall–Kier alpha value is 2.04. The van der Waals surface area contributed by atoms with Crippen molar-refractivity contribution in [3.63, 3.8) is 0 Å². The second kappa shape index (κ2) is 17.2. The van der Waals surface area contributed by atoms with Crippen molar-refractivity contribution in [3.8, 4) is 0 Å². The third kappa shape index (κ3) is 197. The van der Waals surface area contributed by atoms with Crippen LogP contribution in [-0.4, -0.2) is 34.5 Å². The molecule has 0 aliphatic rings. The molecule has 0 fully saturated rings. The summed E-state index contributed by atoms with van der Waals surface area (Å²) >= 11 is -7.90. The van der Waals surface area contributed by atoms with Gasteiger partial charge in [-0.25, -0.2) is 0 Å². The van der Waals surface area contributed by atoms with Crippen LogP contribution in [0.15, 0.2) is 0 Å². The van der Waals surface area contributed by atoms with E-state index in [1.165, 1.54) is 0 Å². The topological polar surface area (TPSA) is 109 Å². The molecule has 0 spiro atoms. The van der Waals surface area contributed by atoms with E-state index in [0.29, 0.717) is 0 Å². The van der Waals surface area contributed by atoms with E-state index in [2.05, 4.69) is 0 Å². The van der Waals surface area contributed by atoms with Gasteiger partial charge in [0.25, 0.3) is 0 Å². The Morgan fingerprint density at radius 1 is 0.800 bits per heavy atom. The van der Waals surface area contributed by atoms with E-state index < -0.39 is 37.6 Å². The zero-order valence-electron chi connectivity index (χ0n) is 4.51. The second-order valence-corrected chi connectivity index (χ2v) is 2.81. The Morgan fingerprint density at radius 3 is 0.800 bits per heavy atom. The molecule has 3 radical (unpaired) electrons. The first kappa shape index (κ1) is 22.7. The van der Waals surface area contributed by atoms with Gasteiger partial charge in [0.1, 0.15) is 0 Å². The van der Waals surface area contributed by atoms with Crippen LogP contribution in [0.4, 0.5) is 0 Å². The minimum absolute atomic E-state index is 0. The molecule has 0 saturated heterocycles. The molecule has 10 heavy (non-hydrogen) atoms. The monoisotopic (exact) mass is 549 g/mol. The summed E-state index contributed by atoms with van der Waals surface area (Å²) in [5.74, 6) is 0. The molecule has 0 amide bonds. The molecule has 0 bridgehead atoms. The first-order valence-electron chi connectivity index (χ1n) is 1.13. The molecule has 0 aromatic carbocycles. The molecule has 0 unspecified atom stereocenters. The molecule has 61 valence electrons. The summed E-state index contributed by atoms with van der Waals surface area (Å²) in [7, 11) is 0. The first-order valence-corrected chi connectivity index (χ1v) is 6.69. The van der Waals surface area contributed by atoms with Crippen molar-refractivity contribution in [1.29, 1.82) is 0 Å². The average Bonchev–Trinajstić information content (AvgIpc) is 1.25. The van der Waals surface area contributed by atoms with Gasteiger partial charge >= 0.3 is 85.1 Å². The van der Waals surface area contributed by atoms with Crippen molar-refractivity contribution in [2.45, 2.75) is 0 Å². The minimum atomic E-state index is -3.95. The zero-order chi connectivity index (χ0) is 7.15. The molecule has 0 rings (SSSR count). The Labute approximate surface area is 101 Å². The zero-order valence-corrected chi connectivity index (χ0v) is 15.6. The molecular formula is H4MnNb2O6Pb. The third-order valence-electron chi connectivity index (χ3n) is 0. The summed E-state index contributed by atoms with van der Waals surface area (Å²) in [6.45, 7) is 0. The van der Waals surface area contributed by atoms with Crippen LogP contribution in [0.1, 0.15) is 0 Å². The molecule has 0 atom stereocenters. The van der Waals surface area contributed by atoms with Crippen molar-refractivity contribution >= 4 is 27.3 Å². The van der Waals surface area contributed by atoms with Crippen LogP contribution < -0.4 is 0 Å². The fourth-order valence-electron chi connectivity index (χ4n) is 0. The van der Waals surface area contributed by atoms with E-state index >= 15 is 0 Å². The Balaban J connectivity index is -0.0000000300. The van der Waals surface area contributed by atoms with Gasteiger partial charge in [0.2, 0.25) is 0 Å². The van der Waals surface area contributed by atoms with Gasteiger partial charge in [-0.15, -0.1) is 0 Å². The van der Waals surface area contributed by atoms with Crippen molar-refractivity contribution in [2.24, 2.45) is 0 Å². The summed E-state index contributed by atoms with van der Waals surface area (Å²) in [5, 5.41) is 0. The quantitative estimate of drug-likeness (QED) is 0.324. The van der Waals surface area contributed by atoms with Crippen molar-refractivity contribution < 1.29 is 74.9 Å². The Morgan fingerprint density at radius 2 is 0.800 bits per heavy atom. The molecule has 0 aliphatic heterocycles.